The van der Waals surface area contributed by atoms with Gasteiger partial charge in [-0.25, -0.2) is 19.2 Å². The highest BCUT2D eigenvalue weighted by atomic mass is 32.1. The Balaban J connectivity index is 0.000000142. The van der Waals surface area contributed by atoms with Crippen LogP contribution in [0.4, 0.5) is 0 Å². The van der Waals surface area contributed by atoms with Crippen LogP contribution in [0.15, 0.2) is 117 Å². The number of aryl methyl sites for hydroxylation is 3. The first-order chi connectivity index (χ1) is 51.0. The van der Waals surface area contributed by atoms with Gasteiger partial charge in [0.2, 0.25) is 0 Å². The number of fused-ring (bicyclic) bond motifs is 10. The Labute approximate surface area is 626 Å². The molecular formula is C80H85N5O18S3. The lowest BCUT2D eigenvalue weighted by Gasteiger charge is -2.35. The van der Waals surface area contributed by atoms with E-state index in [9.17, 15) is 39.0 Å². The summed E-state index contributed by atoms with van der Waals surface area (Å²) in [5.41, 5.74) is 18.0. The molecule has 106 heavy (non-hydrogen) atoms. The largest absolute Gasteiger partial charge is 0.497 e. The third-order valence-electron chi connectivity index (χ3n) is 19.2. The van der Waals surface area contributed by atoms with Gasteiger partial charge in [-0.15, -0.1) is 0 Å². The Kier molecular flexibility index (Phi) is 23.4. The molecule has 26 heteroatoms. The zero-order chi connectivity index (χ0) is 76.0. The molecule has 556 valence electrons. The fourth-order valence-corrected chi connectivity index (χ4v) is 15.9. The van der Waals surface area contributed by atoms with E-state index < -0.39 is 29.9 Å². The second-order valence-electron chi connectivity index (χ2n) is 25.9. The number of aromatic nitrogens is 3. The van der Waals surface area contributed by atoms with Crippen LogP contribution in [-0.2, 0) is 69.2 Å². The number of ether oxygens (including phenoxy) is 10. The molecule has 0 saturated heterocycles. The van der Waals surface area contributed by atoms with Crippen molar-refractivity contribution in [1.82, 2.24) is 23.5 Å². The van der Waals surface area contributed by atoms with Crippen LogP contribution in [0, 0.1) is 0 Å². The van der Waals surface area contributed by atoms with Crippen LogP contribution in [0.25, 0.3) is 67.2 Å². The number of carbonyl (C=O) groups is 6. The van der Waals surface area contributed by atoms with E-state index in [1.165, 1.54) is 19.8 Å². The minimum atomic E-state index is -1.33. The summed E-state index contributed by atoms with van der Waals surface area (Å²) in [4.78, 5) is 76.4. The molecule has 6 aromatic heterocycles. The number of amides is 2. The molecule has 0 spiro atoms. The predicted molar refractivity (Wildman–Crippen MR) is 407 cm³/mol. The molecule has 1 unspecified atom stereocenters. The van der Waals surface area contributed by atoms with Crippen molar-refractivity contribution in [2.24, 2.45) is 0 Å². The molecule has 1 atom stereocenters. The number of aliphatic carboxylic acids is 1. The average molecular weight is 1500 g/mol. The van der Waals surface area contributed by atoms with Crippen molar-refractivity contribution in [2.75, 3.05) is 83.7 Å². The lowest BCUT2D eigenvalue weighted by Crippen LogP contribution is -2.47. The summed E-state index contributed by atoms with van der Waals surface area (Å²) >= 11 is 4.88. The van der Waals surface area contributed by atoms with Crippen molar-refractivity contribution in [2.45, 2.75) is 91.5 Å². The summed E-state index contributed by atoms with van der Waals surface area (Å²) in [6, 6.07) is 25.6. The molecule has 0 bridgehead atoms. The Morgan fingerprint density at radius 2 is 0.840 bits per heavy atom. The third-order valence-corrected chi connectivity index (χ3v) is 21.2. The normalized spacial score (nSPS) is 13.3. The summed E-state index contributed by atoms with van der Waals surface area (Å²) in [5, 5.41) is 31.6. The summed E-state index contributed by atoms with van der Waals surface area (Å²) in [7, 11) is 14.7. The first-order valence-electron chi connectivity index (χ1n) is 34.2. The van der Waals surface area contributed by atoms with Gasteiger partial charge in [0.25, 0.3) is 5.91 Å². The summed E-state index contributed by atoms with van der Waals surface area (Å²) < 4.78 is 59.9. The van der Waals surface area contributed by atoms with E-state index in [-0.39, 0.29) is 36.3 Å². The van der Waals surface area contributed by atoms with Gasteiger partial charge in [-0.2, -0.15) is 34.0 Å². The van der Waals surface area contributed by atoms with Crippen molar-refractivity contribution in [3.05, 3.63) is 162 Å². The number of aromatic carboxylic acids is 1. The van der Waals surface area contributed by atoms with Gasteiger partial charge in [0.15, 0.2) is 6.04 Å². The second kappa shape index (κ2) is 32.6. The van der Waals surface area contributed by atoms with Crippen LogP contribution in [-0.4, -0.2) is 159 Å². The maximum atomic E-state index is 13.5. The Hall–Kier alpha value is -11.0. The molecule has 0 fully saturated rings. The minimum absolute atomic E-state index is 0.0289. The quantitative estimate of drug-likeness (QED) is 0.0634. The van der Waals surface area contributed by atoms with Gasteiger partial charge in [-0.3, -0.25) is 9.59 Å². The highest BCUT2D eigenvalue weighted by Gasteiger charge is 2.42. The van der Waals surface area contributed by atoms with E-state index in [1.807, 2.05) is 82.0 Å². The second-order valence-corrected chi connectivity index (χ2v) is 28.2. The van der Waals surface area contributed by atoms with Crippen molar-refractivity contribution in [3.63, 3.8) is 0 Å². The molecular weight excluding hydrogens is 1420 g/mol. The fourth-order valence-electron chi connectivity index (χ4n) is 13.9. The zero-order valence-corrected chi connectivity index (χ0v) is 64.0. The number of esters is 2. The van der Waals surface area contributed by atoms with E-state index in [4.69, 9.17) is 47.4 Å². The highest BCUT2D eigenvalue weighted by molar-refractivity contribution is 7.08. The number of rotatable bonds is 17. The summed E-state index contributed by atoms with van der Waals surface area (Å²) in [6.45, 7) is 12.1. The van der Waals surface area contributed by atoms with Crippen LogP contribution in [0.1, 0.15) is 99.9 Å². The number of benzene rings is 4. The van der Waals surface area contributed by atoms with Crippen LogP contribution in [0.2, 0.25) is 0 Å². The number of hydrogen-bond acceptors (Lipinski definition) is 19. The molecule has 2 N–H and O–H groups in total. The first kappa shape index (κ1) is 76.2. The Morgan fingerprint density at radius 1 is 0.472 bits per heavy atom. The Morgan fingerprint density at radius 3 is 1.20 bits per heavy atom. The number of hydrogen-bond donors (Lipinski definition) is 2. The van der Waals surface area contributed by atoms with Crippen molar-refractivity contribution in [3.8, 4) is 113 Å². The first-order valence-corrected chi connectivity index (χ1v) is 37.0. The highest BCUT2D eigenvalue weighted by Crippen LogP contribution is 2.51. The molecule has 10 aromatic rings. The lowest BCUT2D eigenvalue weighted by atomic mass is 9.91. The SMILES string of the molecule is CCOC(=O)C(=O)N1CCc2cc(OC)cc(OC)c2C1C(=O)O.CCOC(=O)c1cc(-c2ccsc2)c2n1CCc1cc(OC)cc(OC)c1-2.COc1cc2c(c(OC)c1)-c1c(-c3ccsc3)cc(C(=O)N(C)C(C)(C)C)n1CC2.COc1cc2c(c(OC)c1)-c1c(-c3ccsc3)cc(C(=O)O)n1CC2. The number of carboxylic acid groups (broad SMARTS) is 2. The van der Waals surface area contributed by atoms with Crippen LogP contribution < -0.4 is 37.9 Å². The number of carboxylic acids is 2. The molecule has 0 saturated carbocycles. The Bertz CT molecular complexity index is 4850. The standard InChI is InChI=1S/C24H28N2O3S.C21H21NO4S.C19H17NO4S.C16H19NO7/c1-24(2,3)25(4)23(27)19-13-18(16-8-10-30-14-16)22-21-15(7-9-26(19)22)11-17(28-5)12-20(21)29-6;1-4-26-21(23)17-11-16(14-6-8-27-12-14)20-19-13(5-7-22(17)20)9-15(24-2)10-18(19)25-3;1-23-13-7-11-3-5-20-15(19(21)22)9-14(12-4-6-25-10-12)18(20)17(11)16(8-13)24-2;1-4-24-16(21)14(18)17-6-5-9-7-10(22-2)8-11(23-3)12(9)13(17)15(19)20/h8,10-14H,7,9H2,1-6H3;6,8-12H,4-5,7H2,1-3H3;4,6-10H,3,5H2,1-2H3,(H,21,22);7-8,13H,4-6H2,1-3H3,(H,19,20). The zero-order valence-electron chi connectivity index (χ0n) is 61.6. The monoisotopic (exact) mass is 1500 g/mol. The molecule has 10 heterocycles. The lowest BCUT2D eigenvalue weighted by molar-refractivity contribution is -0.164. The van der Waals surface area contributed by atoms with Gasteiger partial charge < -0.3 is 81.1 Å². The van der Waals surface area contributed by atoms with Crippen LogP contribution in [0.5, 0.6) is 46.0 Å². The van der Waals surface area contributed by atoms with Crippen molar-refractivity contribution in [1.29, 1.82) is 0 Å². The van der Waals surface area contributed by atoms with Crippen LogP contribution >= 0.6 is 34.0 Å². The number of methoxy groups -OCH3 is 8. The van der Waals surface area contributed by atoms with Gasteiger partial charge in [-0.1, -0.05) is 0 Å². The minimum Gasteiger partial charge on any atom is -0.497 e. The van der Waals surface area contributed by atoms with E-state index in [0.29, 0.717) is 65.8 Å². The van der Waals surface area contributed by atoms with Gasteiger partial charge in [0, 0.05) is 102 Å². The maximum Gasteiger partial charge on any atom is 0.397 e. The molecule has 0 radical (unpaired) electrons. The molecule has 4 aromatic carbocycles. The van der Waals surface area contributed by atoms with E-state index in [1.54, 1.807) is 102 Å². The van der Waals surface area contributed by atoms with Crippen LogP contribution in [0.3, 0.4) is 0 Å². The van der Waals surface area contributed by atoms with E-state index in [2.05, 4.69) is 70.3 Å². The molecule has 14 rings (SSSR count). The topological polar surface area (TPSA) is 256 Å². The fraction of sp³-hybridized carbons (Fsp3) is 0.325. The summed E-state index contributed by atoms with van der Waals surface area (Å²) in [6.07, 6.45) is 2.71. The smallest absolute Gasteiger partial charge is 0.397 e. The predicted octanol–water partition coefficient (Wildman–Crippen LogP) is 14.9. The van der Waals surface area contributed by atoms with Crippen molar-refractivity contribution >= 4 is 69.7 Å². The number of carbonyl (C=O) groups excluding carboxylic acids is 4. The van der Waals surface area contributed by atoms with Gasteiger partial charge in [0.05, 0.1) is 87.2 Å². The molecule has 4 aliphatic rings. The molecule has 4 aliphatic heterocycles. The molecule has 2 amide bonds. The number of thiophene rings is 3. The molecule has 23 nitrogen and oxygen atoms in total. The number of nitrogens with zero attached hydrogens (tertiary/aromatic N) is 5. The summed E-state index contributed by atoms with van der Waals surface area (Å²) in [5.74, 6) is 0.838. The van der Waals surface area contributed by atoms with E-state index in [0.717, 1.165) is 138 Å². The molecule has 0 aliphatic carbocycles. The van der Waals surface area contributed by atoms with E-state index >= 15 is 0 Å². The van der Waals surface area contributed by atoms with Crippen molar-refractivity contribution < 1.29 is 86.3 Å². The third kappa shape index (κ3) is 14.9. The average Bonchev–Trinajstić information content (AvgIpc) is 1.58. The maximum absolute atomic E-state index is 13.5. The van der Waals surface area contributed by atoms with Gasteiger partial charge >= 0.3 is 29.8 Å². The van der Waals surface area contributed by atoms with Gasteiger partial charge in [-0.05, 0) is 192 Å². The van der Waals surface area contributed by atoms with Gasteiger partial charge in [0.1, 0.15) is 63.1 Å².